The molecule has 0 bridgehead atoms. The maximum absolute atomic E-state index is 3.38. The second-order valence-electron chi connectivity index (χ2n) is 5.01. The molecule has 16 heavy (non-hydrogen) atoms. The van der Waals surface area contributed by atoms with E-state index in [2.05, 4.69) is 31.4 Å². The quantitative estimate of drug-likeness (QED) is 0.785. The van der Waals surface area contributed by atoms with Crippen LogP contribution in [0.15, 0.2) is 12.1 Å². The average Bonchev–Trinajstić information content (AvgIpc) is 2.56. The molecule has 1 aromatic rings. The Morgan fingerprint density at radius 2 is 2.06 bits per heavy atom. The van der Waals surface area contributed by atoms with E-state index in [-0.39, 0.29) is 0 Å². The average molecular weight is 237 g/mol. The van der Waals surface area contributed by atoms with Gasteiger partial charge in [0.2, 0.25) is 0 Å². The summed E-state index contributed by atoms with van der Waals surface area (Å²) in [6.07, 6.45) is 7.07. The molecule has 2 rings (SSSR count). The minimum Gasteiger partial charge on any atom is -0.319 e. The lowest BCUT2D eigenvalue weighted by molar-refractivity contribution is 0.390. The molecular weight excluding hydrogens is 214 g/mol. The summed E-state index contributed by atoms with van der Waals surface area (Å²) in [5.41, 5.74) is 0. The monoisotopic (exact) mass is 237 g/mol. The van der Waals surface area contributed by atoms with Crippen LogP contribution in [0.5, 0.6) is 0 Å². The summed E-state index contributed by atoms with van der Waals surface area (Å²) < 4.78 is 0. The van der Waals surface area contributed by atoms with Gasteiger partial charge in [0, 0.05) is 9.75 Å². The number of rotatable bonds is 3. The SMILES string of the molecule is CNCC1CCCCCC1c1ccc(C)s1. The van der Waals surface area contributed by atoms with Crippen LogP contribution in [0.25, 0.3) is 0 Å². The van der Waals surface area contributed by atoms with Gasteiger partial charge in [-0.3, -0.25) is 0 Å². The zero-order valence-electron chi connectivity index (χ0n) is 10.5. The van der Waals surface area contributed by atoms with E-state index in [1.807, 2.05) is 11.3 Å². The highest BCUT2D eigenvalue weighted by Gasteiger charge is 2.25. The van der Waals surface area contributed by atoms with Crippen molar-refractivity contribution in [2.24, 2.45) is 5.92 Å². The van der Waals surface area contributed by atoms with E-state index in [1.165, 1.54) is 43.5 Å². The highest BCUT2D eigenvalue weighted by atomic mass is 32.1. The molecule has 1 fully saturated rings. The van der Waals surface area contributed by atoms with Gasteiger partial charge in [-0.15, -0.1) is 11.3 Å². The van der Waals surface area contributed by atoms with Gasteiger partial charge in [0.15, 0.2) is 0 Å². The first-order valence-corrected chi connectivity index (χ1v) is 7.34. The summed E-state index contributed by atoms with van der Waals surface area (Å²) in [5.74, 6) is 1.67. The van der Waals surface area contributed by atoms with Crippen LogP contribution >= 0.6 is 11.3 Å². The van der Waals surface area contributed by atoms with Crippen molar-refractivity contribution in [3.05, 3.63) is 21.9 Å². The molecule has 90 valence electrons. The van der Waals surface area contributed by atoms with Gasteiger partial charge in [-0.05, 0) is 57.3 Å². The molecule has 1 nitrogen and oxygen atoms in total. The summed E-state index contributed by atoms with van der Waals surface area (Å²) >= 11 is 2.01. The first-order chi connectivity index (χ1) is 7.81. The van der Waals surface area contributed by atoms with Gasteiger partial charge in [0.25, 0.3) is 0 Å². The number of aryl methyl sites for hydroxylation is 1. The van der Waals surface area contributed by atoms with Crippen molar-refractivity contribution in [2.45, 2.75) is 44.9 Å². The fraction of sp³-hybridized carbons (Fsp3) is 0.714. The van der Waals surface area contributed by atoms with E-state index in [9.17, 15) is 0 Å². The van der Waals surface area contributed by atoms with Crippen LogP contribution in [-0.2, 0) is 0 Å². The highest BCUT2D eigenvalue weighted by molar-refractivity contribution is 7.12. The fourth-order valence-electron chi connectivity index (χ4n) is 2.92. The van der Waals surface area contributed by atoms with Gasteiger partial charge in [0.05, 0.1) is 0 Å². The first-order valence-electron chi connectivity index (χ1n) is 6.52. The third-order valence-electron chi connectivity index (χ3n) is 3.75. The molecule has 1 saturated carbocycles. The molecule has 0 aliphatic heterocycles. The molecule has 0 aromatic carbocycles. The van der Waals surface area contributed by atoms with Gasteiger partial charge in [0.1, 0.15) is 0 Å². The Kier molecular flexibility index (Phi) is 4.42. The van der Waals surface area contributed by atoms with Gasteiger partial charge < -0.3 is 5.32 Å². The van der Waals surface area contributed by atoms with Crippen molar-refractivity contribution in [2.75, 3.05) is 13.6 Å². The van der Waals surface area contributed by atoms with Crippen LogP contribution in [-0.4, -0.2) is 13.6 Å². The number of nitrogens with one attached hydrogen (secondary N) is 1. The molecule has 1 heterocycles. The Morgan fingerprint density at radius 3 is 2.75 bits per heavy atom. The van der Waals surface area contributed by atoms with E-state index in [1.54, 1.807) is 4.88 Å². The van der Waals surface area contributed by atoms with Crippen LogP contribution in [0, 0.1) is 12.8 Å². The number of thiophene rings is 1. The number of hydrogen-bond donors (Lipinski definition) is 1. The van der Waals surface area contributed by atoms with Crippen LogP contribution in [0.4, 0.5) is 0 Å². The molecule has 2 unspecified atom stereocenters. The molecule has 2 atom stereocenters. The van der Waals surface area contributed by atoms with Crippen molar-refractivity contribution in [1.82, 2.24) is 5.32 Å². The smallest absolute Gasteiger partial charge is 0.00822 e. The van der Waals surface area contributed by atoms with Crippen molar-refractivity contribution in [1.29, 1.82) is 0 Å². The zero-order valence-corrected chi connectivity index (χ0v) is 11.3. The minimum atomic E-state index is 0.814. The van der Waals surface area contributed by atoms with Gasteiger partial charge in [-0.1, -0.05) is 19.3 Å². The van der Waals surface area contributed by atoms with E-state index < -0.39 is 0 Å². The number of hydrogen-bond acceptors (Lipinski definition) is 2. The van der Waals surface area contributed by atoms with Crippen molar-refractivity contribution < 1.29 is 0 Å². The fourth-order valence-corrected chi connectivity index (χ4v) is 4.02. The van der Waals surface area contributed by atoms with Crippen LogP contribution in [0.3, 0.4) is 0 Å². The molecule has 1 N–H and O–H groups in total. The summed E-state index contributed by atoms with van der Waals surface area (Å²) in [6.45, 7) is 3.40. The summed E-state index contributed by atoms with van der Waals surface area (Å²) in [5, 5.41) is 3.38. The second-order valence-corrected chi connectivity index (χ2v) is 6.33. The maximum Gasteiger partial charge on any atom is 0.00822 e. The predicted molar refractivity (Wildman–Crippen MR) is 72.3 cm³/mol. The van der Waals surface area contributed by atoms with E-state index in [0.717, 1.165) is 11.8 Å². The third-order valence-corrected chi connectivity index (χ3v) is 4.88. The standard InChI is InChI=1S/C14H23NS/c1-11-8-9-14(16-11)13-7-5-3-4-6-12(13)10-15-2/h8-9,12-13,15H,3-7,10H2,1-2H3. The molecule has 0 amide bonds. The van der Waals surface area contributed by atoms with E-state index in [4.69, 9.17) is 0 Å². The molecule has 0 spiro atoms. The van der Waals surface area contributed by atoms with Crippen LogP contribution in [0.1, 0.15) is 47.8 Å². The van der Waals surface area contributed by atoms with Crippen LogP contribution in [0.2, 0.25) is 0 Å². The molecule has 1 aliphatic carbocycles. The molecular formula is C14H23NS. The van der Waals surface area contributed by atoms with Crippen molar-refractivity contribution in [3.8, 4) is 0 Å². The largest absolute Gasteiger partial charge is 0.319 e. The maximum atomic E-state index is 3.38. The third kappa shape index (κ3) is 2.86. The minimum absolute atomic E-state index is 0.814. The Morgan fingerprint density at radius 1 is 1.25 bits per heavy atom. The van der Waals surface area contributed by atoms with Gasteiger partial charge >= 0.3 is 0 Å². The summed E-state index contributed by atoms with van der Waals surface area (Å²) in [4.78, 5) is 3.09. The lowest BCUT2D eigenvalue weighted by Crippen LogP contribution is -2.23. The normalized spacial score (nSPS) is 26.6. The Labute approximate surface area is 103 Å². The molecule has 0 saturated heterocycles. The van der Waals surface area contributed by atoms with E-state index in [0.29, 0.717) is 0 Å². The molecule has 2 heteroatoms. The Bertz CT molecular complexity index is 318. The summed E-state index contributed by atoms with van der Waals surface area (Å²) in [6, 6.07) is 4.64. The van der Waals surface area contributed by atoms with Crippen LogP contribution < -0.4 is 5.32 Å². The van der Waals surface area contributed by atoms with Crippen molar-refractivity contribution >= 4 is 11.3 Å². The lowest BCUT2D eigenvalue weighted by Gasteiger charge is -2.23. The highest BCUT2D eigenvalue weighted by Crippen LogP contribution is 2.39. The topological polar surface area (TPSA) is 12.0 Å². The zero-order chi connectivity index (χ0) is 11.4. The molecule has 1 aliphatic rings. The second kappa shape index (κ2) is 5.83. The Hall–Kier alpha value is -0.340. The first kappa shape index (κ1) is 12.1. The summed E-state index contributed by atoms with van der Waals surface area (Å²) in [7, 11) is 2.08. The molecule has 0 radical (unpaired) electrons. The lowest BCUT2D eigenvalue weighted by atomic mass is 9.86. The van der Waals surface area contributed by atoms with Crippen molar-refractivity contribution in [3.63, 3.8) is 0 Å². The van der Waals surface area contributed by atoms with Gasteiger partial charge in [-0.2, -0.15) is 0 Å². The predicted octanol–water partition coefficient (Wildman–Crippen LogP) is 3.94. The van der Waals surface area contributed by atoms with E-state index >= 15 is 0 Å². The van der Waals surface area contributed by atoms with Gasteiger partial charge in [-0.25, -0.2) is 0 Å². The Balaban J connectivity index is 2.13. The molecule has 1 aromatic heterocycles.